The first-order chi connectivity index (χ1) is 21.1. The predicted octanol–water partition coefficient (Wildman–Crippen LogP) is 5.56. The third-order valence-electron chi connectivity index (χ3n) is 7.27. The van der Waals surface area contributed by atoms with Crippen molar-refractivity contribution in [1.29, 1.82) is 0 Å². The number of ketones is 1. The van der Waals surface area contributed by atoms with Crippen LogP contribution in [-0.2, 0) is 33.8 Å². The monoisotopic (exact) mass is 577 g/mol. The Kier molecular flexibility index (Phi) is 9.82. The van der Waals surface area contributed by atoms with E-state index in [1.165, 1.54) is 0 Å². The maximum atomic E-state index is 13.7. The number of anilines is 1. The van der Waals surface area contributed by atoms with Crippen molar-refractivity contribution >= 4 is 23.3 Å². The van der Waals surface area contributed by atoms with Crippen LogP contribution in [0.5, 0.6) is 5.75 Å². The number of ether oxygens (including phenoxy) is 3. The third kappa shape index (κ3) is 7.47. The minimum atomic E-state index is -1.10. The fourth-order valence-electron chi connectivity index (χ4n) is 5.07. The molecule has 1 atom stereocenters. The van der Waals surface area contributed by atoms with Crippen LogP contribution in [0.4, 0.5) is 10.5 Å². The van der Waals surface area contributed by atoms with Crippen LogP contribution in [0, 0.1) is 0 Å². The predicted molar refractivity (Wildman–Crippen MR) is 167 cm³/mol. The van der Waals surface area contributed by atoms with Gasteiger partial charge in [-0.15, -0.1) is 0 Å². The summed E-state index contributed by atoms with van der Waals surface area (Å²) >= 11 is 0. The van der Waals surface area contributed by atoms with Gasteiger partial charge in [0.2, 0.25) is 0 Å². The van der Waals surface area contributed by atoms with E-state index in [9.17, 15) is 9.59 Å². The molecule has 1 amide bonds. The van der Waals surface area contributed by atoms with Crippen molar-refractivity contribution in [2.75, 3.05) is 32.3 Å². The van der Waals surface area contributed by atoms with Gasteiger partial charge in [0.25, 0.3) is 0 Å². The van der Waals surface area contributed by atoms with Gasteiger partial charge in [-0.05, 0) is 34.9 Å². The lowest BCUT2D eigenvalue weighted by Gasteiger charge is -2.28. The summed E-state index contributed by atoms with van der Waals surface area (Å²) in [6, 6.07) is 33.0. The molecule has 0 spiro atoms. The maximum absolute atomic E-state index is 13.7. The number of carbonyl (C=O) groups is 2. The molecule has 5 rings (SSSR count). The van der Waals surface area contributed by atoms with Gasteiger partial charge < -0.3 is 19.1 Å². The third-order valence-corrected chi connectivity index (χ3v) is 7.27. The van der Waals surface area contributed by atoms with Crippen molar-refractivity contribution in [3.8, 4) is 5.75 Å². The minimum Gasteiger partial charge on any atom is -0.497 e. The lowest BCUT2D eigenvalue weighted by atomic mass is 9.93. The zero-order valence-corrected chi connectivity index (χ0v) is 24.4. The van der Waals surface area contributed by atoms with Gasteiger partial charge in [-0.1, -0.05) is 84.9 Å². The summed E-state index contributed by atoms with van der Waals surface area (Å²) in [5.74, 6) is 0.559. The molecule has 1 unspecified atom stereocenters. The molecule has 8 nitrogen and oxygen atoms in total. The lowest BCUT2D eigenvalue weighted by Crippen LogP contribution is -2.40. The van der Waals surface area contributed by atoms with Crippen LogP contribution in [0.25, 0.3) is 0 Å². The Hall–Kier alpha value is -4.95. The fraction of sp³-hybridized carbons (Fsp3) is 0.229. The fourth-order valence-corrected chi connectivity index (χ4v) is 5.07. The molecule has 0 saturated heterocycles. The number of benzene rings is 4. The number of Topliss-reactive ketones (excluding diaryl/α,β-unsaturated/α-hetero) is 1. The quantitative estimate of drug-likeness (QED) is 0.251. The first-order valence-corrected chi connectivity index (χ1v) is 14.2. The van der Waals surface area contributed by atoms with Crippen LogP contribution in [0.15, 0.2) is 108 Å². The molecule has 1 aliphatic heterocycles. The van der Waals surface area contributed by atoms with E-state index >= 15 is 0 Å². The molecular weight excluding hydrogens is 542 g/mol. The van der Waals surface area contributed by atoms with E-state index in [-0.39, 0.29) is 18.8 Å². The van der Waals surface area contributed by atoms with E-state index in [0.717, 1.165) is 39.3 Å². The molecule has 0 saturated carbocycles. The molecule has 4 aromatic carbocycles. The molecule has 0 fully saturated rings. The highest BCUT2D eigenvalue weighted by Gasteiger charge is 2.30. The second-order valence-corrected chi connectivity index (χ2v) is 10.2. The minimum absolute atomic E-state index is 0.0844. The summed E-state index contributed by atoms with van der Waals surface area (Å²) in [5.41, 5.74) is 6.02. The average molecular weight is 578 g/mol. The van der Waals surface area contributed by atoms with Crippen LogP contribution >= 0.6 is 0 Å². The molecule has 0 bridgehead atoms. The molecule has 1 heterocycles. The van der Waals surface area contributed by atoms with E-state index < -0.39 is 12.3 Å². The summed E-state index contributed by atoms with van der Waals surface area (Å²) < 4.78 is 16.2. The van der Waals surface area contributed by atoms with Gasteiger partial charge in [-0.2, -0.15) is 0 Å². The average Bonchev–Trinajstić information content (AvgIpc) is 3.19. The number of methoxy groups -OCH3 is 2. The zero-order chi connectivity index (χ0) is 30.0. The first kappa shape index (κ1) is 29.5. The van der Waals surface area contributed by atoms with E-state index in [2.05, 4.69) is 10.2 Å². The number of nitrogens with one attached hydrogen (secondary N) is 1. The van der Waals surface area contributed by atoms with Gasteiger partial charge in [0.05, 0.1) is 19.4 Å². The zero-order valence-electron chi connectivity index (χ0n) is 24.4. The number of amides is 1. The Morgan fingerprint density at radius 2 is 1.60 bits per heavy atom. The highest BCUT2D eigenvalue weighted by Crippen LogP contribution is 2.31. The molecule has 43 heavy (non-hydrogen) atoms. The topological polar surface area (TPSA) is 89.5 Å². The summed E-state index contributed by atoms with van der Waals surface area (Å²) in [5, 5.41) is 2.70. The number of hydrogen-bond acceptors (Lipinski definition) is 7. The van der Waals surface area contributed by atoms with Crippen molar-refractivity contribution in [3.63, 3.8) is 0 Å². The molecule has 1 aliphatic rings. The molecule has 1 N–H and O–H groups in total. The van der Waals surface area contributed by atoms with Crippen LogP contribution in [0.1, 0.15) is 27.8 Å². The SMILES string of the molecule is COCCN(Cc1ccc(OC)cc1)c1cccc2c1CC(=O)C(NC(=O)OCc1ccccc1)N=C2c1ccccc1. The normalized spacial score (nSPS) is 14.2. The van der Waals surface area contributed by atoms with Gasteiger partial charge in [0, 0.05) is 43.4 Å². The van der Waals surface area contributed by atoms with Gasteiger partial charge in [-0.3, -0.25) is 15.1 Å². The highest BCUT2D eigenvalue weighted by atomic mass is 16.5. The van der Waals surface area contributed by atoms with Crippen molar-refractivity contribution in [3.05, 3.63) is 131 Å². The summed E-state index contributed by atoms with van der Waals surface area (Å²) in [6.45, 7) is 1.81. The van der Waals surface area contributed by atoms with E-state index in [0.29, 0.717) is 25.4 Å². The number of alkyl carbamates (subject to hydrolysis) is 1. The van der Waals surface area contributed by atoms with E-state index in [1.54, 1.807) is 14.2 Å². The summed E-state index contributed by atoms with van der Waals surface area (Å²) in [6.07, 6.45) is -1.72. The smallest absolute Gasteiger partial charge is 0.409 e. The number of fused-ring (bicyclic) bond motifs is 1. The number of nitrogens with zero attached hydrogens (tertiary/aromatic N) is 2. The Labute approximate surface area is 251 Å². The number of carbonyl (C=O) groups excluding carboxylic acids is 2. The molecular formula is C35H35N3O5. The highest BCUT2D eigenvalue weighted by molar-refractivity contribution is 6.17. The van der Waals surface area contributed by atoms with Gasteiger partial charge >= 0.3 is 6.09 Å². The standard InChI is InChI=1S/C35H35N3O5/c1-41-21-20-38(23-25-16-18-28(42-2)19-17-25)31-15-9-14-29-30(31)22-32(39)34(36-33(29)27-12-7-4-8-13-27)37-35(40)43-24-26-10-5-3-6-11-26/h3-19,34H,20-24H2,1-2H3,(H,37,40). The van der Waals surface area contributed by atoms with Crippen molar-refractivity contribution < 1.29 is 23.8 Å². The van der Waals surface area contributed by atoms with Crippen molar-refractivity contribution in [2.24, 2.45) is 4.99 Å². The van der Waals surface area contributed by atoms with Gasteiger partial charge in [0.15, 0.2) is 11.9 Å². The van der Waals surface area contributed by atoms with Crippen molar-refractivity contribution in [2.45, 2.75) is 25.7 Å². The summed E-state index contributed by atoms with van der Waals surface area (Å²) in [7, 11) is 3.32. The molecule has 4 aromatic rings. The Balaban J connectivity index is 1.48. The Bertz CT molecular complexity index is 1560. The van der Waals surface area contributed by atoms with E-state index in [1.807, 2.05) is 103 Å². The van der Waals surface area contributed by atoms with Crippen LogP contribution < -0.4 is 15.0 Å². The summed E-state index contributed by atoms with van der Waals surface area (Å²) in [4.78, 5) is 33.6. The second-order valence-electron chi connectivity index (χ2n) is 10.2. The van der Waals surface area contributed by atoms with Crippen LogP contribution in [0.2, 0.25) is 0 Å². The number of rotatable bonds is 11. The lowest BCUT2D eigenvalue weighted by molar-refractivity contribution is -0.120. The Morgan fingerprint density at radius 3 is 2.30 bits per heavy atom. The van der Waals surface area contributed by atoms with Crippen molar-refractivity contribution in [1.82, 2.24) is 5.32 Å². The molecule has 0 aliphatic carbocycles. The molecule has 220 valence electrons. The number of aliphatic imine (C=N–C) groups is 1. The molecule has 0 radical (unpaired) electrons. The van der Waals surface area contributed by atoms with Gasteiger partial charge in [-0.25, -0.2) is 4.79 Å². The maximum Gasteiger partial charge on any atom is 0.409 e. The molecule has 8 heteroatoms. The van der Waals surface area contributed by atoms with E-state index in [4.69, 9.17) is 19.2 Å². The number of hydrogen-bond donors (Lipinski definition) is 1. The van der Waals surface area contributed by atoms with Gasteiger partial charge in [0.1, 0.15) is 12.4 Å². The molecule has 0 aromatic heterocycles. The second kappa shape index (κ2) is 14.3. The Morgan fingerprint density at radius 1 is 0.884 bits per heavy atom. The van der Waals surface area contributed by atoms with Crippen LogP contribution in [0.3, 0.4) is 0 Å². The first-order valence-electron chi connectivity index (χ1n) is 14.2. The largest absolute Gasteiger partial charge is 0.497 e. The van der Waals surface area contributed by atoms with Crippen LogP contribution in [-0.4, -0.2) is 51.1 Å².